The van der Waals surface area contributed by atoms with E-state index in [1.807, 2.05) is 12.1 Å². The van der Waals surface area contributed by atoms with Crippen molar-refractivity contribution in [2.24, 2.45) is 0 Å². The number of rotatable bonds is 6. The Balaban J connectivity index is 2.03. The number of benzene rings is 1. The highest BCUT2D eigenvalue weighted by Crippen LogP contribution is 2.34. The third kappa shape index (κ3) is 3.41. The smallest absolute Gasteiger partial charge is 0.357 e. The molecular formula is C21H22N4O4. The molecule has 0 saturated carbocycles. The number of hydrogen-bond donors (Lipinski definition) is 1. The fourth-order valence-corrected chi connectivity index (χ4v) is 3.50. The van der Waals surface area contributed by atoms with Gasteiger partial charge in [0, 0.05) is 36.8 Å². The number of methoxy groups -OCH3 is 2. The molecule has 8 nitrogen and oxygen atoms in total. The van der Waals surface area contributed by atoms with Crippen LogP contribution in [-0.2, 0) is 27.4 Å². The van der Waals surface area contributed by atoms with E-state index in [4.69, 9.17) is 14.2 Å². The van der Waals surface area contributed by atoms with Crippen LogP contribution in [0.3, 0.4) is 0 Å². The molecule has 4 rings (SSSR count). The van der Waals surface area contributed by atoms with Crippen molar-refractivity contribution in [1.82, 2.24) is 19.9 Å². The van der Waals surface area contributed by atoms with Gasteiger partial charge in [-0.15, -0.1) is 0 Å². The van der Waals surface area contributed by atoms with E-state index < -0.39 is 5.97 Å². The summed E-state index contributed by atoms with van der Waals surface area (Å²) < 4.78 is 16.0. The molecule has 0 unspecified atom stereocenters. The molecule has 8 heteroatoms. The van der Waals surface area contributed by atoms with Crippen molar-refractivity contribution in [3.05, 3.63) is 41.5 Å². The summed E-state index contributed by atoms with van der Waals surface area (Å²) >= 11 is 0. The molecule has 1 aromatic carbocycles. The lowest BCUT2D eigenvalue weighted by Crippen LogP contribution is -2.15. The van der Waals surface area contributed by atoms with Gasteiger partial charge in [-0.1, -0.05) is 0 Å². The van der Waals surface area contributed by atoms with Crippen LogP contribution in [0.15, 0.2) is 24.5 Å². The zero-order chi connectivity index (χ0) is 20.5. The van der Waals surface area contributed by atoms with Crippen LogP contribution in [-0.4, -0.2) is 46.2 Å². The van der Waals surface area contributed by atoms with Crippen molar-refractivity contribution in [2.75, 3.05) is 14.2 Å². The average Bonchev–Trinajstić information content (AvgIpc) is 3.07. The number of aromatic amines is 1. The maximum Gasteiger partial charge on any atom is 0.357 e. The lowest BCUT2D eigenvalue weighted by molar-refractivity contribution is 0.0366. The Labute approximate surface area is 167 Å². The highest BCUT2D eigenvalue weighted by Gasteiger charge is 2.23. The van der Waals surface area contributed by atoms with E-state index in [9.17, 15) is 4.79 Å². The third-order valence-electron chi connectivity index (χ3n) is 4.58. The number of H-pyrrole nitrogens is 1. The number of pyridine rings is 1. The average molecular weight is 394 g/mol. The molecule has 0 radical (unpaired) electrons. The second kappa shape index (κ2) is 7.73. The summed E-state index contributed by atoms with van der Waals surface area (Å²) in [5.74, 6) is -0.481. The molecule has 0 saturated heterocycles. The van der Waals surface area contributed by atoms with Crippen LogP contribution < -0.4 is 0 Å². The first-order valence-electron chi connectivity index (χ1n) is 9.30. The lowest BCUT2D eigenvalue weighted by atomic mass is 10.0. The van der Waals surface area contributed by atoms with Crippen molar-refractivity contribution >= 4 is 38.8 Å². The van der Waals surface area contributed by atoms with Crippen LogP contribution in [0.4, 0.5) is 0 Å². The topological polar surface area (TPSA) is 99.2 Å². The van der Waals surface area contributed by atoms with Gasteiger partial charge in [0.1, 0.15) is 0 Å². The van der Waals surface area contributed by atoms with Gasteiger partial charge in [0.15, 0.2) is 5.69 Å². The Morgan fingerprint density at radius 1 is 1.03 bits per heavy atom. The van der Waals surface area contributed by atoms with Gasteiger partial charge in [-0.05, 0) is 26.0 Å². The largest absolute Gasteiger partial charge is 0.458 e. The first-order chi connectivity index (χ1) is 14.0. The second-order valence-electron chi connectivity index (χ2n) is 7.04. The zero-order valence-corrected chi connectivity index (χ0v) is 16.8. The van der Waals surface area contributed by atoms with Gasteiger partial charge in [-0.2, -0.15) is 0 Å². The summed E-state index contributed by atoms with van der Waals surface area (Å²) in [6.45, 7) is 4.24. The van der Waals surface area contributed by atoms with Gasteiger partial charge in [-0.25, -0.2) is 14.8 Å². The molecule has 3 aromatic heterocycles. The first-order valence-corrected chi connectivity index (χ1v) is 9.30. The second-order valence-corrected chi connectivity index (χ2v) is 7.04. The van der Waals surface area contributed by atoms with Crippen LogP contribution in [0.2, 0.25) is 0 Å². The molecule has 0 atom stereocenters. The van der Waals surface area contributed by atoms with E-state index in [0.717, 1.165) is 33.0 Å². The monoisotopic (exact) mass is 394 g/mol. The number of carbonyl (C=O) groups is 1. The summed E-state index contributed by atoms with van der Waals surface area (Å²) in [5.41, 5.74) is 4.82. The molecule has 0 bridgehead atoms. The number of nitrogens with zero attached hydrogens (tertiary/aromatic N) is 3. The fourth-order valence-electron chi connectivity index (χ4n) is 3.50. The van der Waals surface area contributed by atoms with Crippen LogP contribution in [0.5, 0.6) is 0 Å². The number of ether oxygens (including phenoxy) is 3. The zero-order valence-electron chi connectivity index (χ0n) is 16.8. The highest BCUT2D eigenvalue weighted by molar-refractivity contribution is 6.20. The molecule has 0 aliphatic heterocycles. The van der Waals surface area contributed by atoms with Crippen LogP contribution in [0.1, 0.15) is 35.6 Å². The molecule has 3 heterocycles. The quantitative estimate of drug-likeness (QED) is 0.500. The fraction of sp³-hybridized carbons (Fsp3) is 0.333. The Kier molecular flexibility index (Phi) is 5.12. The number of esters is 1. The highest BCUT2D eigenvalue weighted by atomic mass is 16.5. The molecule has 0 fully saturated rings. The predicted molar refractivity (Wildman–Crippen MR) is 109 cm³/mol. The van der Waals surface area contributed by atoms with Gasteiger partial charge < -0.3 is 19.2 Å². The standard InChI is InChI=1S/C21H22N4O4/c1-11(2)29-21(26)19-13(10-28-4)17-16(8-23-19)25-14-5-6-15-20(18(14)17)22-7-12(24-15)9-27-3/h5-8,11,24H,9-10H2,1-4H3. The van der Waals surface area contributed by atoms with Crippen LogP contribution >= 0.6 is 0 Å². The predicted octanol–water partition coefficient (Wildman–Crippen LogP) is 3.52. The van der Waals surface area contributed by atoms with Crippen LogP contribution in [0.25, 0.3) is 32.8 Å². The van der Waals surface area contributed by atoms with Gasteiger partial charge in [0.25, 0.3) is 0 Å². The molecule has 29 heavy (non-hydrogen) atoms. The van der Waals surface area contributed by atoms with Crippen molar-refractivity contribution in [1.29, 1.82) is 0 Å². The molecule has 1 N–H and O–H groups in total. The van der Waals surface area contributed by atoms with E-state index in [1.165, 1.54) is 0 Å². The minimum atomic E-state index is -0.481. The number of aromatic nitrogens is 4. The van der Waals surface area contributed by atoms with Crippen molar-refractivity contribution in [2.45, 2.75) is 33.2 Å². The van der Waals surface area contributed by atoms with Crippen molar-refractivity contribution < 1.29 is 19.0 Å². The third-order valence-corrected chi connectivity index (χ3v) is 4.58. The molecular weight excluding hydrogens is 372 g/mol. The van der Waals surface area contributed by atoms with Crippen LogP contribution in [0, 0.1) is 0 Å². The Hall–Kier alpha value is -3.10. The summed E-state index contributed by atoms with van der Waals surface area (Å²) in [5, 5.41) is 1.66. The molecule has 4 aromatic rings. The first kappa shape index (κ1) is 19.2. The molecule has 0 aliphatic rings. The summed E-state index contributed by atoms with van der Waals surface area (Å²) in [6, 6.07) is 3.86. The number of hydrogen-bond acceptors (Lipinski definition) is 7. The Morgan fingerprint density at radius 2 is 1.83 bits per heavy atom. The summed E-state index contributed by atoms with van der Waals surface area (Å²) in [4.78, 5) is 29.6. The van der Waals surface area contributed by atoms with E-state index in [2.05, 4.69) is 19.9 Å². The van der Waals surface area contributed by atoms with Gasteiger partial charge >= 0.3 is 5.97 Å². The molecule has 0 aliphatic carbocycles. The minimum Gasteiger partial charge on any atom is -0.458 e. The minimum absolute atomic E-state index is 0.204. The number of carbonyl (C=O) groups excluding carboxylic acids is 1. The lowest BCUT2D eigenvalue weighted by Gasteiger charge is -2.12. The van der Waals surface area contributed by atoms with Gasteiger partial charge in [0.2, 0.25) is 0 Å². The van der Waals surface area contributed by atoms with Gasteiger partial charge in [-0.3, -0.25) is 4.98 Å². The van der Waals surface area contributed by atoms with E-state index >= 15 is 0 Å². The van der Waals surface area contributed by atoms with E-state index in [-0.39, 0.29) is 18.4 Å². The maximum absolute atomic E-state index is 12.6. The van der Waals surface area contributed by atoms with E-state index in [0.29, 0.717) is 17.7 Å². The number of nitrogens with one attached hydrogen (secondary N) is 1. The molecule has 0 spiro atoms. The summed E-state index contributed by atoms with van der Waals surface area (Å²) in [6.07, 6.45) is 3.09. The SMILES string of the molecule is COCc1cnc2c(ccc3nc4cnc(C(=O)OC(C)C)c(COC)c4c32)[nH]1. The molecule has 150 valence electrons. The Morgan fingerprint density at radius 3 is 2.55 bits per heavy atom. The van der Waals surface area contributed by atoms with E-state index in [1.54, 1.807) is 40.5 Å². The maximum atomic E-state index is 12.6. The van der Waals surface area contributed by atoms with Gasteiger partial charge in [0.05, 0.1) is 53.3 Å². The van der Waals surface area contributed by atoms with Crippen molar-refractivity contribution in [3.63, 3.8) is 0 Å². The molecule has 0 amide bonds. The van der Waals surface area contributed by atoms with Crippen molar-refractivity contribution in [3.8, 4) is 0 Å². The Bertz CT molecular complexity index is 1220. The normalized spacial score (nSPS) is 11.8. The number of fused-ring (bicyclic) bond motifs is 5. The summed E-state index contributed by atoms with van der Waals surface area (Å²) in [7, 11) is 3.22.